The van der Waals surface area contributed by atoms with Gasteiger partial charge in [-0.15, -0.1) is 0 Å². The van der Waals surface area contributed by atoms with Crippen molar-refractivity contribution in [2.24, 2.45) is 29.6 Å². The molecule has 29 atom stereocenters. The van der Waals surface area contributed by atoms with Gasteiger partial charge in [0.05, 0.1) is 103 Å². The third kappa shape index (κ3) is 26.7. The Balaban J connectivity index is 0.0000110. The summed E-state index contributed by atoms with van der Waals surface area (Å²) in [6, 6.07) is 4.81. The molecule has 12 N–H and O–H groups in total. The van der Waals surface area contributed by atoms with Crippen molar-refractivity contribution in [2.75, 3.05) is 19.5 Å². The molecule has 1 aromatic carbocycles. The van der Waals surface area contributed by atoms with Crippen molar-refractivity contribution in [3.8, 4) is 5.75 Å². The third-order valence-electron chi connectivity index (χ3n) is 20.3. The number of carboxylic acids is 1. The maximum absolute atomic E-state index is 13.9. The van der Waals surface area contributed by atoms with E-state index in [9.17, 15) is 93.4 Å². The first kappa shape index (κ1) is 92.0. The van der Waals surface area contributed by atoms with E-state index in [0.717, 1.165) is 6.08 Å². The Labute approximate surface area is 641 Å². The summed E-state index contributed by atoms with van der Waals surface area (Å²) in [7, 11) is -2.45. The number of hydrogen-bond acceptors (Lipinski definition) is 31. The average Bonchev–Trinajstić information content (AvgIpc) is 0.986. The van der Waals surface area contributed by atoms with Crippen molar-refractivity contribution >= 4 is 40.0 Å². The van der Waals surface area contributed by atoms with E-state index in [0.29, 0.717) is 43.5 Å². The maximum atomic E-state index is 13.9. The Morgan fingerprint density at radius 2 is 1.40 bits per heavy atom. The number of aliphatic hydroxyl groups excluding tert-OH is 10. The van der Waals surface area contributed by atoms with Gasteiger partial charge in [-0.05, 0) is 95.8 Å². The molecule has 0 aliphatic carbocycles. The molecular formula is C68H109NNa2O30S. The summed E-state index contributed by atoms with van der Waals surface area (Å²) in [5, 5.41) is 139. The molecular weight excluding hydrogens is 1390 g/mol. The van der Waals surface area contributed by atoms with E-state index in [4.69, 9.17) is 47.4 Å². The van der Waals surface area contributed by atoms with Gasteiger partial charge in [0, 0.05) is 76.0 Å². The van der Waals surface area contributed by atoms with E-state index in [2.05, 4.69) is 9.50 Å². The number of methoxy groups -OCH3 is 1. The van der Waals surface area contributed by atoms with Gasteiger partial charge in [-0.1, -0.05) is 60.5 Å². The fourth-order valence-corrected chi connectivity index (χ4v) is 14.7. The Kier molecular flexibility index (Phi) is 38.4. The minimum atomic E-state index is -5.63. The normalized spacial score (nSPS) is 37.4. The maximum Gasteiger partial charge on any atom is 1.00 e. The van der Waals surface area contributed by atoms with Gasteiger partial charge in [0.25, 0.3) is 0 Å². The van der Waals surface area contributed by atoms with E-state index in [-0.39, 0.29) is 116 Å². The van der Waals surface area contributed by atoms with Gasteiger partial charge in [-0.2, -0.15) is 0 Å². The van der Waals surface area contributed by atoms with Crippen LogP contribution < -0.4 is 74.3 Å². The second kappa shape index (κ2) is 42.6. The zero-order valence-electron chi connectivity index (χ0n) is 60.7. The number of epoxide rings is 1. The van der Waals surface area contributed by atoms with Gasteiger partial charge >= 0.3 is 77.0 Å². The molecule has 5 aliphatic heterocycles. The van der Waals surface area contributed by atoms with Gasteiger partial charge in [-0.3, -0.25) is 8.98 Å². The topological polar surface area (TPSA) is 488 Å². The van der Waals surface area contributed by atoms with Crippen LogP contribution in [0.2, 0.25) is 0 Å². The fraction of sp³-hybridized carbons (Fsp3) is 0.824. The smallest absolute Gasteiger partial charge is 0.726 e. The van der Waals surface area contributed by atoms with Crippen LogP contribution in [0.25, 0.3) is 0 Å². The molecule has 0 saturated carbocycles. The van der Waals surface area contributed by atoms with Crippen LogP contribution in [0.4, 0.5) is 5.69 Å². The number of carboxylic acid groups (broad SMARTS) is 1. The van der Waals surface area contributed by atoms with Gasteiger partial charge in [0.2, 0.25) is 16.2 Å². The van der Waals surface area contributed by atoms with Crippen molar-refractivity contribution in [3.05, 3.63) is 35.9 Å². The van der Waals surface area contributed by atoms with Gasteiger partial charge in [0.1, 0.15) is 54.6 Å². The first-order chi connectivity index (χ1) is 47.0. The number of aliphatic hydroxyl groups is 11. The Morgan fingerprint density at radius 1 is 0.745 bits per heavy atom. The van der Waals surface area contributed by atoms with E-state index in [1.165, 1.54) is 20.1 Å². The standard InChI is InChI=1S/C68H111NO30S.2Na/c1-11-49(93-57-31-51(63(89-10)39(8)91-57)95-67(84)40-22-23-46(69-9)50(26-40)94-56-25-24-47(73)38(7)90-56)34(3)59(80)35(4)60(81)36(5)61-37(6)62-64(97-62)48(74)20-14-18-43(72)28-44(92-55(78)32-53(75)76)29-45-30-52(99-100(86,87)88)65(82)68(85,98-45)66(83)58(79)33(2)16-12-13-17-41(70)27-42(71)19-15-21-54(77)96-61;;/h15,21-23,26,33-39,41-45,47-49,51-52,56-66,69-74,79-83,85H,11-14,16-20,24-25,27-32H2,1-10H3,(H,75,76)(H,86,87,88);;/q;2*+1/p-2/b21-15+;;/t33-,34-,35-,36-,37-,38-,39+,41-,42+,43+,44-,45-,47+,48-,49-,51-,52+,56?,57-,58+,59+,60+,61-,62-,63+,64-,65-,66+,68+;;/m1../s1. The molecule has 2 bridgehead atoms. The summed E-state index contributed by atoms with van der Waals surface area (Å²) in [4.78, 5) is 51.9. The minimum absolute atomic E-state index is 0. The number of ether oxygens (including phenoxy) is 10. The van der Waals surface area contributed by atoms with Gasteiger partial charge in [-0.25, -0.2) is 18.0 Å². The number of carbonyl (C=O) groups excluding carboxylic acids is 4. The minimum Gasteiger partial charge on any atom is -0.726 e. The molecule has 0 aromatic heterocycles. The fourth-order valence-electron chi connectivity index (χ4n) is 14.2. The molecule has 5 heterocycles. The third-order valence-corrected chi connectivity index (χ3v) is 20.7. The molecule has 4 saturated heterocycles. The molecule has 34 heteroatoms. The van der Waals surface area contributed by atoms with Crippen LogP contribution in [-0.2, 0) is 71.6 Å². The van der Waals surface area contributed by atoms with E-state index in [1.807, 2.05) is 6.92 Å². The number of anilines is 1. The van der Waals surface area contributed by atoms with Crippen molar-refractivity contribution in [2.45, 2.75) is 311 Å². The Bertz CT molecular complexity index is 2890. The number of fused-ring (bicyclic) bond motifs is 3. The zero-order valence-corrected chi connectivity index (χ0v) is 65.5. The largest absolute Gasteiger partial charge is 1.00 e. The number of esters is 3. The molecule has 0 radical (unpaired) electrons. The van der Waals surface area contributed by atoms with Crippen molar-refractivity contribution in [1.82, 2.24) is 0 Å². The van der Waals surface area contributed by atoms with Crippen LogP contribution in [0.5, 0.6) is 5.75 Å². The van der Waals surface area contributed by atoms with Crippen molar-refractivity contribution in [1.29, 1.82) is 0 Å². The molecule has 0 amide bonds. The van der Waals surface area contributed by atoms with Crippen LogP contribution in [0.3, 0.4) is 0 Å². The second-order valence-electron chi connectivity index (χ2n) is 28.0. The molecule has 0 spiro atoms. The molecule has 1 unspecified atom stereocenters. The van der Waals surface area contributed by atoms with Crippen LogP contribution in [0.1, 0.15) is 175 Å². The predicted molar refractivity (Wildman–Crippen MR) is 347 cm³/mol. The van der Waals surface area contributed by atoms with E-state index >= 15 is 0 Å². The Morgan fingerprint density at radius 3 is 2.04 bits per heavy atom. The van der Waals surface area contributed by atoms with Crippen molar-refractivity contribution < 1.29 is 204 Å². The monoisotopic (exact) mass is 1500 g/mol. The summed E-state index contributed by atoms with van der Waals surface area (Å²) >= 11 is 0. The first-order valence-electron chi connectivity index (χ1n) is 34.9. The predicted octanol–water partition coefficient (Wildman–Crippen LogP) is -5.19. The summed E-state index contributed by atoms with van der Waals surface area (Å²) in [6.07, 6.45) is -26.6. The zero-order chi connectivity index (χ0) is 74.2. The molecule has 5 aliphatic rings. The van der Waals surface area contributed by atoms with E-state index in [1.54, 1.807) is 66.8 Å². The average molecular weight is 1500 g/mol. The van der Waals surface area contributed by atoms with Gasteiger partial charge < -0.3 is 123 Å². The summed E-state index contributed by atoms with van der Waals surface area (Å²) in [5.41, 5.74) is 0.772. The number of hydrogen-bond donors (Lipinski definition) is 12. The summed E-state index contributed by atoms with van der Waals surface area (Å²) in [6.45, 7) is 13.5. The van der Waals surface area contributed by atoms with Crippen LogP contribution in [0.15, 0.2) is 30.4 Å². The second-order valence-corrected chi connectivity index (χ2v) is 29.0. The first-order valence-corrected chi connectivity index (χ1v) is 36.3. The SMILES string of the molecule is CC[C@@H](O[C@@H]1C[C@@H](OC(=O)c2ccc(NC)c(OC3CC[C@H](O)[C@@H](C)O3)c2)[C@@H](OC)[C@H](C)O1)[C@@H](C)[C@H](O)[C@@H](C)[C@H](O)[C@@H](C)[C@H]1OC(=O)/C=C/C[C@H](O)C[C@H](O)CCCC[C@@H](C)[C@H](O)[C@H](O)[C@@]2(O)O[C@H](C[C@H](OC(=O)CC(=O)[O-])C[C@@H](O)CCC[C@@H](O)[C@H]3O[C@@H]3[C@@H]1C)C[C@H](OS(=O)(=O)[O-])[C@H]2O.[Na+].[Na+]. The quantitative estimate of drug-likeness (QED) is 0.0110. The van der Waals surface area contributed by atoms with Crippen LogP contribution in [-0.4, -0.2) is 254 Å². The number of cyclic esters (lactones) is 1. The number of rotatable bonds is 20. The number of carbonyl (C=O) groups is 4. The van der Waals surface area contributed by atoms with Gasteiger partial charge in [0.15, 0.2) is 12.6 Å². The molecule has 6 rings (SSSR count). The summed E-state index contributed by atoms with van der Waals surface area (Å²) < 4.78 is 100. The van der Waals surface area contributed by atoms with E-state index < -0.39 is 236 Å². The molecule has 31 nitrogen and oxygen atoms in total. The summed E-state index contributed by atoms with van der Waals surface area (Å²) in [5.74, 6) is -11.8. The molecule has 102 heavy (non-hydrogen) atoms. The number of benzene rings is 1. The van der Waals surface area contributed by atoms with Crippen LogP contribution >= 0.6 is 0 Å². The number of aliphatic carboxylic acids is 1. The number of nitrogens with one attached hydrogen (secondary N) is 1. The Hall–Kier alpha value is -2.37. The van der Waals surface area contributed by atoms with Crippen LogP contribution in [0, 0.1) is 29.6 Å². The molecule has 574 valence electrons. The van der Waals surface area contributed by atoms with Crippen molar-refractivity contribution in [3.63, 3.8) is 0 Å². The molecule has 1 aromatic rings. The molecule has 4 fully saturated rings.